The average Bonchev–Trinajstić information content (AvgIpc) is 3.16. The molecule has 2 aliphatic rings. The molecule has 1 heterocycles. The number of carbonyl (C=O) groups is 1. The highest BCUT2D eigenvalue weighted by atomic mass is 16.7. The van der Waals surface area contributed by atoms with Crippen molar-refractivity contribution >= 4 is 12.0 Å². The van der Waals surface area contributed by atoms with Crippen LogP contribution in [-0.2, 0) is 16.7 Å². The first-order valence-corrected chi connectivity index (χ1v) is 9.80. The summed E-state index contributed by atoms with van der Waals surface area (Å²) < 4.78 is 0. The minimum Gasteiger partial charge on any atom is -0.281 e. The van der Waals surface area contributed by atoms with Crippen molar-refractivity contribution in [3.8, 4) is 0 Å². The van der Waals surface area contributed by atoms with Crippen molar-refractivity contribution in [3.05, 3.63) is 58.9 Å². The van der Waals surface area contributed by atoms with E-state index < -0.39 is 0 Å². The van der Waals surface area contributed by atoms with Gasteiger partial charge in [-0.3, -0.25) is 14.7 Å². The molecule has 1 aromatic heterocycles. The molecule has 1 fully saturated rings. The fourth-order valence-corrected chi connectivity index (χ4v) is 4.76. The second-order valence-corrected chi connectivity index (χ2v) is 7.70. The van der Waals surface area contributed by atoms with Crippen LogP contribution in [0, 0.1) is 5.92 Å². The Balaban J connectivity index is 1.74. The van der Waals surface area contributed by atoms with Gasteiger partial charge in [-0.15, -0.1) is 0 Å². The van der Waals surface area contributed by atoms with Crippen LogP contribution >= 0.6 is 0 Å². The second kappa shape index (κ2) is 7.31. The van der Waals surface area contributed by atoms with Gasteiger partial charge in [-0.2, -0.15) is 5.10 Å². The van der Waals surface area contributed by atoms with E-state index in [0.717, 1.165) is 17.7 Å². The SMILES string of the molecule is CON(C)C(=O)c1n[nH]c2c1C=CC(c1ccccc1)(C1CCCCC1)C2. The van der Waals surface area contributed by atoms with Crippen molar-refractivity contribution in [2.75, 3.05) is 14.2 Å². The molecule has 1 atom stereocenters. The minimum absolute atomic E-state index is 0.0330. The minimum atomic E-state index is -0.232. The Labute approximate surface area is 160 Å². The Kier molecular flexibility index (Phi) is 4.87. The second-order valence-electron chi connectivity index (χ2n) is 7.70. The predicted octanol–water partition coefficient (Wildman–Crippen LogP) is 4.13. The van der Waals surface area contributed by atoms with Gasteiger partial charge >= 0.3 is 0 Å². The van der Waals surface area contributed by atoms with Crippen LogP contribution in [-0.4, -0.2) is 35.3 Å². The highest BCUT2D eigenvalue weighted by Crippen LogP contribution is 2.47. The van der Waals surface area contributed by atoms with Gasteiger partial charge in [0.2, 0.25) is 0 Å². The third-order valence-corrected chi connectivity index (χ3v) is 6.31. The van der Waals surface area contributed by atoms with Crippen molar-refractivity contribution in [2.24, 2.45) is 5.92 Å². The first-order chi connectivity index (χ1) is 13.2. The Morgan fingerprint density at radius 2 is 1.96 bits per heavy atom. The van der Waals surface area contributed by atoms with E-state index in [1.165, 1.54) is 49.8 Å². The number of hydrogen-bond donors (Lipinski definition) is 1. The quantitative estimate of drug-likeness (QED) is 0.829. The van der Waals surface area contributed by atoms with E-state index in [1.807, 2.05) is 0 Å². The molecule has 1 saturated carbocycles. The van der Waals surface area contributed by atoms with E-state index in [-0.39, 0.29) is 11.3 Å². The van der Waals surface area contributed by atoms with Crippen LogP contribution in [0.2, 0.25) is 0 Å². The summed E-state index contributed by atoms with van der Waals surface area (Å²) in [5.41, 5.74) is 3.69. The molecular weight excluding hydrogens is 338 g/mol. The Morgan fingerprint density at radius 3 is 2.67 bits per heavy atom. The van der Waals surface area contributed by atoms with Crippen LogP contribution in [0.3, 0.4) is 0 Å². The molecule has 1 N–H and O–H groups in total. The first kappa shape index (κ1) is 18.0. The number of allylic oxidation sites excluding steroid dienone is 1. The van der Waals surface area contributed by atoms with E-state index in [1.54, 1.807) is 7.05 Å². The topological polar surface area (TPSA) is 58.2 Å². The molecule has 4 rings (SSSR count). The number of carbonyl (C=O) groups excluding carboxylic acids is 1. The van der Waals surface area contributed by atoms with E-state index >= 15 is 0 Å². The maximum Gasteiger partial charge on any atom is 0.298 e. The lowest BCUT2D eigenvalue weighted by Gasteiger charge is -2.43. The normalized spacial score (nSPS) is 22.4. The maximum absolute atomic E-state index is 12.5. The van der Waals surface area contributed by atoms with Gasteiger partial charge in [0.05, 0.1) is 7.11 Å². The Bertz CT molecular complexity index is 836. The molecule has 142 valence electrons. The Morgan fingerprint density at radius 1 is 1.22 bits per heavy atom. The van der Waals surface area contributed by atoms with Gasteiger partial charge < -0.3 is 0 Å². The molecule has 2 aliphatic carbocycles. The molecule has 0 saturated heterocycles. The number of benzene rings is 1. The third-order valence-electron chi connectivity index (χ3n) is 6.31. The van der Waals surface area contributed by atoms with Gasteiger partial charge in [-0.05, 0) is 24.3 Å². The van der Waals surface area contributed by atoms with Gasteiger partial charge in [0, 0.05) is 30.1 Å². The maximum atomic E-state index is 12.5. The van der Waals surface area contributed by atoms with Gasteiger partial charge in [-0.25, -0.2) is 5.06 Å². The molecular formula is C22H27N3O2. The first-order valence-electron chi connectivity index (χ1n) is 9.80. The van der Waals surface area contributed by atoms with Crippen molar-refractivity contribution < 1.29 is 9.63 Å². The fraction of sp³-hybridized carbons (Fsp3) is 0.455. The summed E-state index contributed by atoms with van der Waals surface area (Å²) in [6.45, 7) is 0. The van der Waals surface area contributed by atoms with Gasteiger partial charge in [0.15, 0.2) is 5.69 Å². The summed E-state index contributed by atoms with van der Waals surface area (Å²) in [6, 6.07) is 10.8. The molecule has 5 nitrogen and oxygen atoms in total. The zero-order chi connectivity index (χ0) is 18.9. The highest BCUT2D eigenvalue weighted by molar-refractivity contribution is 5.95. The largest absolute Gasteiger partial charge is 0.298 e. The van der Waals surface area contributed by atoms with Crippen LogP contribution in [0.5, 0.6) is 0 Å². The summed E-state index contributed by atoms with van der Waals surface area (Å²) in [6.07, 6.45) is 11.7. The van der Waals surface area contributed by atoms with E-state index in [4.69, 9.17) is 4.84 Å². The summed E-state index contributed by atoms with van der Waals surface area (Å²) in [7, 11) is 3.09. The predicted molar refractivity (Wildman–Crippen MR) is 105 cm³/mol. The molecule has 0 bridgehead atoms. The van der Waals surface area contributed by atoms with Crippen molar-refractivity contribution in [1.29, 1.82) is 0 Å². The van der Waals surface area contributed by atoms with Crippen molar-refractivity contribution in [2.45, 2.75) is 43.9 Å². The molecule has 1 unspecified atom stereocenters. The molecule has 1 amide bonds. The number of fused-ring (bicyclic) bond motifs is 1. The molecule has 0 radical (unpaired) electrons. The zero-order valence-corrected chi connectivity index (χ0v) is 16.1. The molecule has 27 heavy (non-hydrogen) atoms. The standard InChI is InChI=1S/C22H27N3O2/c1-25(27-2)21(26)20-18-13-14-22(15-19(18)23-24-20,16-9-5-3-6-10-16)17-11-7-4-8-12-17/h3,5-6,9-10,13-14,17H,4,7-8,11-12,15H2,1-2H3,(H,23,24). The van der Waals surface area contributed by atoms with Crippen LogP contribution in [0.1, 0.15) is 59.4 Å². The van der Waals surface area contributed by atoms with Gasteiger partial charge in [0.1, 0.15) is 0 Å². The molecule has 2 aromatic rings. The summed E-state index contributed by atoms with van der Waals surface area (Å²) in [4.78, 5) is 17.6. The number of aromatic nitrogens is 2. The summed E-state index contributed by atoms with van der Waals surface area (Å²) in [5.74, 6) is 0.381. The lowest BCUT2D eigenvalue weighted by molar-refractivity contribution is -0.0760. The van der Waals surface area contributed by atoms with Crippen LogP contribution in [0.15, 0.2) is 36.4 Å². The number of hydroxylamine groups is 2. The smallest absolute Gasteiger partial charge is 0.281 e. The number of nitrogens with one attached hydrogen (secondary N) is 1. The van der Waals surface area contributed by atoms with E-state index in [9.17, 15) is 4.79 Å². The van der Waals surface area contributed by atoms with E-state index in [0.29, 0.717) is 11.6 Å². The Hall–Kier alpha value is -2.40. The summed E-state index contributed by atoms with van der Waals surface area (Å²) in [5, 5.41) is 8.68. The van der Waals surface area contributed by atoms with Crippen molar-refractivity contribution in [1.82, 2.24) is 15.3 Å². The zero-order valence-electron chi connectivity index (χ0n) is 16.1. The van der Waals surface area contributed by atoms with Gasteiger partial charge in [0.25, 0.3) is 5.91 Å². The third kappa shape index (κ3) is 3.10. The van der Waals surface area contributed by atoms with Crippen LogP contribution < -0.4 is 0 Å². The molecule has 0 aliphatic heterocycles. The van der Waals surface area contributed by atoms with Crippen LogP contribution in [0.25, 0.3) is 6.08 Å². The number of rotatable bonds is 4. The highest BCUT2D eigenvalue weighted by Gasteiger charge is 2.42. The fourth-order valence-electron chi connectivity index (χ4n) is 4.76. The number of nitrogens with zero attached hydrogens (tertiary/aromatic N) is 2. The lowest BCUT2D eigenvalue weighted by atomic mass is 9.61. The molecule has 1 aromatic carbocycles. The lowest BCUT2D eigenvalue weighted by Crippen LogP contribution is -2.38. The summed E-state index contributed by atoms with van der Waals surface area (Å²) >= 11 is 0. The number of amides is 1. The van der Waals surface area contributed by atoms with Crippen molar-refractivity contribution in [3.63, 3.8) is 0 Å². The number of hydrogen-bond acceptors (Lipinski definition) is 3. The monoisotopic (exact) mass is 365 g/mol. The average molecular weight is 365 g/mol. The van der Waals surface area contributed by atoms with Gasteiger partial charge in [-0.1, -0.05) is 61.7 Å². The van der Waals surface area contributed by atoms with E-state index in [2.05, 4.69) is 52.7 Å². The number of aromatic amines is 1. The molecule has 5 heteroatoms. The van der Waals surface area contributed by atoms with Crippen LogP contribution in [0.4, 0.5) is 0 Å². The molecule has 0 spiro atoms. The number of H-pyrrole nitrogens is 1.